The van der Waals surface area contributed by atoms with Crippen molar-refractivity contribution >= 4 is 11.7 Å². The van der Waals surface area contributed by atoms with E-state index in [9.17, 15) is 14.3 Å². The highest BCUT2D eigenvalue weighted by Gasteiger charge is 2.39. The van der Waals surface area contributed by atoms with Crippen LogP contribution in [-0.4, -0.2) is 5.97 Å². The maximum Gasteiger partial charge on any atom is 0.128 e. The number of hydrogen-bond acceptors (Lipinski definition) is 3. The van der Waals surface area contributed by atoms with Gasteiger partial charge < -0.3 is 15.2 Å². The van der Waals surface area contributed by atoms with E-state index in [0.717, 1.165) is 17.7 Å². The maximum absolute atomic E-state index is 14.4. The van der Waals surface area contributed by atoms with Crippen LogP contribution in [0.25, 0.3) is 0 Å². The number of carbonyl (C=O) groups is 1. The molecule has 3 atom stereocenters. The van der Waals surface area contributed by atoms with E-state index < -0.39 is 5.97 Å². The summed E-state index contributed by atoms with van der Waals surface area (Å²) in [5.41, 5.74) is 3.31. The number of fused-ring (bicyclic) bond motifs is 3. The molecule has 2 aromatic rings. The summed E-state index contributed by atoms with van der Waals surface area (Å²) in [6, 6.07) is 10.1. The SMILES string of the molecule is Cc1c(C(=O)[O-])ccc2c1N[C@@H](c1ccccc1F)[C@H]1CC=C[C@H]21. The van der Waals surface area contributed by atoms with Crippen molar-refractivity contribution in [3.05, 3.63) is 76.6 Å². The molecule has 0 fully saturated rings. The molecule has 0 saturated heterocycles. The fourth-order valence-electron chi connectivity index (χ4n) is 4.07. The largest absolute Gasteiger partial charge is 0.545 e. The second-order valence-electron chi connectivity index (χ2n) is 6.49. The number of allylic oxidation sites excluding steroid dienone is 2. The predicted octanol–water partition coefficient (Wildman–Crippen LogP) is 3.32. The van der Waals surface area contributed by atoms with E-state index in [-0.39, 0.29) is 29.3 Å². The monoisotopic (exact) mass is 322 g/mol. The van der Waals surface area contributed by atoms with Gasteiger partial charge in [-0.3, -0.25) is 0 Å². The van der Waals surface area contributed by atoms with E-state index in [2.05, 4.69) is 17.5 Å². The fraction of sp³-hybridized carbons (Fsp3) is 0.250. The molecule has 122 valence electrons. The number of anilines is 1. The number of aromatic carboxylic acids is 1. The van der Waals surface area contributed by atoms with E-state index in [0.29, 0.717) is 11.1 Å². The number of benzene rings is 2. The van der Waals surface area contributed by atoms with Gasteiger partial charge in [-0.1, -0.05) is 42.5 Å². The van der Waals surface area contributed by atoms with Crippen molar-refractivity contribution in [3.63, 3.8) is 0 Å². The summed E-state index contributed by atoms with van der Waals surface area (Å²) >= 11 is 0. The van der Waals surface area contributed by atoms with Crippen LogP contribution in [-0.2, 0) is 0 Å². The van der Waals surface area contributed by atoms with Crippen LogP contribution in [0.3, 0.4) is 0 Å². The number of carboxylic acids is 1. The van der Waals surface area contributed by atoms with E-state index in [1.165, 1.54) is 6.07 Å². The molecular weight excluding hydrogens is 305 g/mol. The molecule has 0 bridgehead atoms. The molecule has 2 aromatic carbocycles. The molecule has 0 unspecified atom stereocenters. The van der Waals surface area contributed by atoms with Gasteiger partial charge in [0.1, 0.15) is 5.82 Å². The minimum absolute atomic E-state index is 0.167. The lowest BCUT2D eigenvalue weighted by molar-refractivity contribution is -0.255. The third kappa shape index (κ3) is 2.13. The third-order valence-electron chi connectivity index (χ3n) is 5.26. The van der Waals surface area contributed by atoms with Crippen molar-refractivity contribution in [2.45, 2.75) is 25.3 Å². The molecule has 0 spiro atoms. The molecule has 0 aromatic heterocycles. The summed E-state index contributed by atoms with van der Waals surface area (Å²) in [5, 5.41) is 14.7. The lowest BCUT2D eigenvalue weighted by Crippen LogP contribution is -2.31. The molecule has 2 aliphatic rings. The summed E-state index contributed by atoms with van der Waals surface area (Å²) in [5.74, 6) is -1.04. The van der Waals surface area contributed by atoms with Crippen molar-refractivity contribution < 1.29 is 14.3 Å². The Morgan fingerprint density at radius 3 is 2.75 bits per heavy atom. The molecule has 1 N–H and O–H groups in total. The van der Waals surface area contributed by atoms with Crippen LogP contribution in [0.2, 0.25) is 0 Å². The number of halogens is 1. The molecular formula is C20H17FNO2-. The highest BCUT2D eigenvalue weighted by atomic mass is 19.1. The molecule has 4 heteroatoms. The van der Waals surface area contributed by atoms with Gasteiger partial charge in [0.25, 0.3) is 0 Å². The molecule has 1 aliphatic heterocycles. The van der Waals surface area contributed by atoms with Gasteiger partial charge in [-0.2, -0.15) is 0 Å². The van der Waals surface area contributed by atoms with Crippen LogP contribution in [0.1, 0.15) is 45.4 Å². The van der Waals surface area contributed by atoms with Gasteiger partial charge in [0.2, 0.25) is 0 Å². The zero-order valence-electron chi connectivity index (χ0n) is 13.3. The summed E-state index contributed by atoms with van der Waals surface area (Å²) in [7, 11) is 0. The summed E-state index contributed by atoms with van der Waals surface area (Å²) in [4.78, 5) is 11.3. The average molecular weight is 322 g/mol. The molecule has 24 heavy (non-hydrogen) atoms. The van der Waals surface area contributed by atoms with Crippen molar-refractivity contribution in [3.8, 4) is 0 Å². The topological polar surface area (TPSA) is 52.2 Å². The number of carbonyl (C=O) groups excluding carboxylic acids is 1. The fourth-order valence-corrected chi connectivity index (χ4v) is 4.07. The molecule has 1 aliphatic carbocycles. The van der Waals surface area contributed by atoms with Crippen molar-refractivity contribution in [2.75, 3.05) is 5.32 Å². The van der Waals surface area contributed by atoms with Crippen molar-refractivity contribution in [2.24, 2.45) is 5.92 Å². The number of rotatable bonds is 2. The predicted molar refractivity (Wildman–Crippen MR) is 88.3 cm³/mol. The summed E-state index contributed by atoms with van der Waals surface area (Å²) in [6.07, 6.45) is 5.15. The smallest absolute Gasteiger partial charge is 0.128 e. The quantitative estimate of drug-likeness (QED) is 0.863. The zero-order chi connectivity index (χ0) is 16.8. The Morgan fingerprint density at radius 2 is 2.00 bits per heavy atom. The first kappa shape index (κ1) is 14.9. The van der Waals surface area contributed by atoms with Crippen LogP contribution < -0.4 is 10.4 Å². The average Bonchev–Trinajstić information content (AvgIpc) is 3.05. The van der Waals surface area contributed by atoms with E-state index >= 15 is 0 Å². The van der Waals surface area contributed by atoms with Gasteiger partial charge in [0, 0.05) is 22.7 Å². The first-order valence-electron chi connectivity index (χ1n) is 8.10. The first-order chi connectivity index (χ1) is 11.6. The van der Waals surface area contributed by atoms with Crippen LogP contribution >= 0.6 is 0 Å². The van der Waals surface area contributed by atoms with Gasteiger partial charge >= 0.3 is 0 Å². The van der Waals surface area contributed by atoms with E-state index in [1.807, 2.05) is 12.1 Å². The second kappa shape index (κ2) is 5.48. The summed E-state index contributed by atoms with van der Waals surface area (Å²) in [6.45, 7) is 1.77. The van der Waals surface area contributed by atoms with Crippen molar-refractivity contribution in [1.29, 1.82) is 0 Å². The molecule has 4 rings (SSSR count). The Hall–Kier alpha value is -2.62. The Morgan fingerprint density at radius 1 is 1.21 bits per heavy atom. The molecule has 3 nitrogen and oxygen atoms in total. The van der Waals surface area contributed by atoms with Crippen LogP contribution in [0.4, 0.5) is 10.1 Å². The summed E-state index contributed by atoms with van der Waals surface area (Å²) < 4.78 is 14.4. The second-order valence-corrected chi connectivity index (χ2v) is 6.49. The Kier molecular flexibility index (Phi) is 3.41. The first-order valence-corrected chi connectivity index (χ1v) is 8.10. The third-order valence-corrected chi connectivity index (χ3v) is 5.26. The van der Waals surface area contributed by atoms with Crippen LogP contribution in [0.5, 0.6) is 0 Å². The van der Waals surface area contributed by atoms with E-state index in [4.69, 9.17) is 0 Å². The van der Waals surface area contributed by atoms with Gasteiger partial charge in [-0.15, -0.1) is 0 Å². The zero-order valence-corrected chi connectivity index (χ0v) is 13.3. The van der Waals surface area contributed by atoms with Gasteiger partial charge in [0.15, 0.2) is 0 Å². The van der Waals surface area contributed by atoms with Crippen molar-refractivity contribution in [1.82, 2.24) is 0 Å². The minimum Gasteiger partial charge on any atom is -0.545 e. The number of carboxylic acid groups (broad SMARTS) is 1. The number of nitrogens with one attached hydrogen (secondary N) is 1. The highest BCUT2D eigenvalue weighted by Crippen LogP contribution is 2.51. The van der Waals surface area contributed by atoms with Gasteiger partial charge in [0.05, 0.1) is 12.0 Å². The molecule has 1 heterocycles. The van der Waals surface area contributed by atoms with E-state index in [1.54, 1.807) is 25.1 Å². The van der Waals surface area contributed by atoms with Crippen LogP contribution in [0.15, 0.2) is 48.6 Å². The highest BCUT2D eigenvalue weighted by molar-refractivity contribution is 5.90. The molecule has 0 amide bonds. The van der Waals surface area contributed by atoms with Gasteiger partial charge in [-0.25, -0.2) is 4.39 Å². The Balaban J connectivity index is 1.87. The normalized spacial score (nSPS) is 24.2. The van der Waals surface area contributed by atoms with Gasteiger partial charge in [-0.05, 0) is 36.5 Å². The minimum atomic E-state index is -1.19. The lowest BCUT2D eigenvalue weighted by atomic mass is 9.76. The Bertz CT molecular complexity index is 859. The van der Waals surface area contributed by atoms with Crippen LogP contribution in [0, 0.1) is 18.7 Å². The molecule has 0 saturated carbocycles. The lowest BCUT2D eigenvalue weighted by Gasteiger charge is -2.39. The standard InChI is InChI=1S/C20H18FNO2/c1-11-12(20(23)24)9-10-15-13-6-4-7-14(13)19(22-18(11)15)16-5-2-3-8-17(16)21/h2-6,8-10,13-14,19,22H,7H2,1H3,(H,23,24)/p-1/t13-,14-,19+/m0/s1. The number of hydrogen-bond donors (Lipinski definition) is 1. The Labute approximate surface area is 139 Å². The molecule has 0 radical (unpaired) electrons. The maximum atomic E-state index is 14.4.